The van der Waals surface area contributed by atoms with Gasteiger partial charge in [0.1, 0.15) is 0 Å². The summed E-state index contributed by atoms with van der Waals surface area (Å²) < 4.78 is 4.95. The summed E-state index contributed by atoms with van der Waals surface area (Å²) in [6.45, 7) is 3.86. The number of hydrogen-bond donors (Lipinski definition) is 0. The highest BCUT2D eigenvalue weighted by Gasteiger charge is 1.99. The third kappa shape index (κ3) is 6.33. The van der Waals surface area contributed by atoms with Gasteiger partial charge in [-0.1, -0.05) is 49.0 Å². The van der Waals surface area contributed by atoms with E-state index in [1.54, 1.807) is 0 Å². The van der Waals surface area contributed by atoms with E-state index >= 15 is 0 Å². The summed E-state index contributed by atoms with van der Waals surface area (Å²) in [5.41, 5.74) is 2.50. The fourth-order valence-corrected chi connectivity index (χ4v) is 3.09. The van der Waals surface area contributed by atoms with E-state index in [0.29, 0.717) is 6.61 Å². The molecule has 2 nitrogen and oxygen atoms in total. The SMILES string of the molecule is C=CC(=O)OCCCCCSc1ccc(-c2ccccc2)cc1. The Morgan fingerprint density at radius 2 is 1.65 bits per heavy atom. The standard InChI is InChI=1S/C20H22O2S/c1-2-20(21)22-15-7-4-8-16-23-19-13-11-18(12-14-19)17-9-5-3-6-10-17/h2-3,5-6,9-14H,1,4,7-8,15-16H2. The Morgan fingerprint density at radius 1 is 0.957 bits per heavy atom. The molecule has 0 N–H and O–H groups in total. The van der Waals surface area contributed by atoms with Crippen LogP contribution >= 0.6 is 11.8 Å². The quantitative estimate of drug-likeness (QED) is 0.269. The van der Waals surface area contributed by atoms with Gasteiger partial charge in [0.25, 0.3) is 0 Å². The number of benzene rings is 2. The molecular formula is C20H22O2S. The van der Waals surface area contributed by atoms with Gasteiger partial charge in [-0.2, -0.15) is 0 Å². The first kappa shape index (κ1) is 17.4. The fraction of sp³-hybridized carbons (Fsp3) is 0.250. The average Bonchev–Trinajstić information content (AvgIpc) is 2.62. The predicted molar refractivity (Wildman–Crippen MR) is 97.6 cm³/mol. The van der Waals surface area contributed by atoms with Gasteiger partial charge in [0, 0.05) is 11.0 Å². The van der Waals surface area contributed by atoms with Gasteiger partial charge in [0.05, 0.1) is 6.61 Å². The molecule has 120 valence electrons. The van der Waals surface area contributed by atoms with Gasteiger partial charge in [-0.3, -0.25) is 0 Å². The molecule has 23 heavy (non-hydrogen) atoms. The molecule has 2 aromatic carbocycles. The molecule has 0 aliphatic rings. The summed E-state index contributed by atoms with van der Waals surface area (Å²) in [7, 11) is 0. The average molecular weight is 326 g/mol. The highest BCUT2D eigenvalue weighted by molar-refractivity contribution is 7.99. The number of unbranched alkanes of at least 4 members (excludes halogenated alkanes) is 2. The normalized spacial score (nSPS) is 10.3. The maximum atomic E-state index is 10.9. The zero-order valence-electron chi connectivity index (χ0n) is 13.2. The Balaban J connectivity index is 1.65. The second-order valence-electron chi connectivity index (χ2n) is 5.17. The fourth-order valence-electron chi connectivity index (χ4n) is 2.18. The number of hydrogen-bond acceptors (Lipinski definition) is 3. The Hall–Kier alpha value is -2.00. The van der Waals surface area contributed by atoms with E-state index in [-0.39, 0.29) is 5.97 Å². The van der Waals surface area contributed by atoms with Crippen molar-refractivity contribution < 1.29 is 9.53 Å². The van der Waals surface area contributed by atoms with Gasteiger partial charge < -0.3 is 4.74 Å². The molecule has 0 amide bonds. The van der Waals surface area contributed by atoms with E-state index in [1.165, 1.54) is 22.1 Å². The van der Waals surface area contributed by atoms with E-state index in [9.17, 15) is 4.79 Å². The van der Waals surface area contributed by atoms with Crippen LogP contribution in [0, 0.1) is 0 Å². The van der Waals surface area contributed by atoms with E-state index in [2.05, 4.69) is 55.1 Å². The first-order valence-electron chi connectivity index (χ1n) is 7.87. The number of carbonyl (C=O) groups is 1. The summed E-state index contributed by atoms with van der Waals surface area (Å²) >= 11 is 1.87. The lowest BCUT2D eigenvalue weighted by molar-refractivity contribution is -0.137. The maximum Gasteiger partial charge on any atom is 0.330 e. The van der Waals surface area contributed by atoms with Crippen LogP contribution in [0.3, 0.4) is 0 Å². The number of carbonyl (C=O) groups excluding carboxylic acids is 1. The minimum Gasteiger partial charge on any atom is -0.463 e. The molecule has 0 saturated heterocycles. The van der Waals surface area contributed by atoms with E-state index in [4.69, 9.17) is 4.74 Å². The topological polar surface area (TPSA) is 26.3 Å². The van der Waals surface area contributed by atoms with Gasteiger partial charge in [-0.15, -0.1) is 11.8 Å². The molecule has 0 saturated carbocycles. The summed E-state index contributed by atoms with van der Waals surface area (Å²) in [4.78, 5) is 12.2. The van der Waals surface area contributed by atoms with E-state index in [0.717, 1.165) is 25.0 Å². The van der Waals surface area contributed by atoms with Crippen molar-refractivity contribution in [1.82, 2.24) is 0 Å². The Morgan fingerprint density at radius 3 is 2.35 bits per heavy atom. The van der Waals surface area contributed by atoms with Gasteiger partial charge in [0.2, 0.25) is 0 Å². The molecule has 2 aromatic rings. The summed E-state index contributed by atoms with van der Waals surface area (Å²) in [5, 5.41) is 0. The van der Waals surface area contributed by atoms with Crippen LogP contribution in [0.2, 0.25) is 0 Å². The monoisotopic (exact) mass is 326 g/mol. The Labute approximate surface area is 142 Å². The molecule has 0 atom stereocenters. The van der Waals surface area contributed by atoms with Crippen molar-refractivity contribution in [3.8, 4) is 11.1 Å². The van der Waals surface area contributed by atoms with Gasteiger partial charge in [-0.25, -0.2) is 4.79 Å². The molecule has 3 heteroatoms. The van der Waals surface area contributed by atoms with Crippen molar-refractivity contribution in [3.05, 3.63) is 67.3 Å². The highest BCUT2D eigenvalue weighted by Crippen LogP contribution is 2.24. The van der Waals surface area contributed by atoms with Gasteiger partial charge in [0.15, 0.2) is 0 Å². The summed E-state index contributed by atoms with van der Waals surface area (Å²) in [5.74, 6) is 0.748. The lowest BCUT2D eigenvalue weighted by Crippen LogP contribution is -2.01. The first-order valence-corrected chi connectivity index (χ1v) is 8.85. The number of ether oxygens (including phenoxy) is 1. The second-order valence-corrected chi connectivity index (χ2v) is 6.34. The van der Waals surface area contributed by atoms with Crippen LogP contribution in [0.5, 0.6) is 0 Å². The molecular weight excluding hydrogens is 304 g/mol. The van der Waals surface area contributed by atoms with Crippen LogP contribution in [0.1, 0.15) is 19.3 Å². The molecule has 0 heterocycles. The van der Waals surface area contributed by atoms with Crippen LogP contribution in [0.25, 0.3) is 11.1 Å². The van der Waals surface area contributed by atoms with Crippen LogP contribution in [-0.2, 0) is 9.53 Å². The Kier molecular flexibility index (Phi) is 7.47. The van der Waals surface area contributed by atoms with Crippen molar-refractivity contribution in [2.45, 2.75) is 24.2 Å². The number of thioether (sulfide) groups is 1. The van der Waals surface area contributed by atoms with Crippen LogP contribution in [-0.4, -0.2) is 18.3 Å². The zero-order chi connectivity index (χ0) is 16.3. The van der Waals surface area contributed by atoms with Crippen LogP contribution in [0.4, 0.5) is 0 Å². The summed E-state index contributed by atoms with van der Waals surface area (Å²) in [6.07, 6.45) is 4.30. The smallest absolute Gasteiger partial charge is 0.330 e. The molecule has 0 bridgehead atoms. The minimum atomic E-state index is -0.335. The van der Waals surface area contributed by atoms with Crippen LogP contribution < -0.4 is 0 Å². The molecule has 0 aliphatic carbocycles. The van der Waals surface area contributed by atoms with Gasteiger partial charge >= 0.3 is 5.97 Å². The largest absolute Gasteiger partial charge is 0.463 e. The van der Waals surface area contributed by atoms with Crippen molar-refractivity contribution in [1.29, 1.82) is 0 Å². The highest BCUT2D eigenvalue weighted by atomic mass is 32.2. The lowest BCUT2D eigenvalue weighted by Gasteiger charge is -2.05. The van der Waals surface area contributed by atoms with Gasteiger partial charge in [-0.05, 0) is 48.3 Å². The molecule has 0 unspecified atom stereocenters. The zero-order valence-corrected chi connectivity index (χ0v) is 14.1. The molecule has 0 aliphatic heterocycles. The molecule has 2 rings (SSSR count). The van der Waals surface area contributed by atoms with Crippen molar-refractivity contribution in [2.75, 3.05) is 12.4 Å². The second kappa shape index (κ2) is 9.90. The first-order chi connectivity index (χ1) is 11.3. The molecule has 0 aromatic heterocycles. The number of esters is 1. The third-order valence-electron chi connectivity index (χ3n) is 3.43. The maximum absolute atomic E-state index is 10.9. The molecule has 0 fully saturated rings. The number of rotatable bonds is 9. The van der Waals surface area contributed by atoms with E-state index in [1.807, 2.05) is 17.8 Å². The predicted octanol–water partition coefficient (Wildman–Crippen LogP) is 5.35. The third-order valence-corrected chi connectivity index (χ3v) is 4.53. The van der Waals surface area contributed by atoms with Crippen LogP contribution in [0.15, 0.2) is 72.1 Å². The Bertz CT molecular complexity index is 605. The van der Waals surface area contributed by atoms with Crippen molar-refractivity contribution >= 4 is 17.7 Å². The van der Waals surface area contributed by atoms with Crippen molar-refractivity contribution in [3.63, 3.8) is 0 Å². The van der Waals surface area contributed by atoms with Crippen molar-refractivity contribution in [2.24, 2.45) is 0 Å². The van der Waals surface area contributed by atoms with E-state index < -0.39 is 0 Å². The minimum absolute atomic E-state index is 0.335. The lowest BCUT2D eigenvalue weighted by atomic mass is 10.1. The molecule has 0 spiro atoms. The summed E-state index contributed by atoms with van der Waals surface area (Å²) in [6, 6.07) is 19.1. The molecule has 0 radical (unpaired) electrons.